The first-order chi connectivity index (χ1) is 6.74. The molecule has 1 aromatic heterocycles. The zero-order chi connectivity index (χ0) is 10.1. The molecule has 0 spiro atoms. The Hall–Kier alpha value is -0.870. The topological polar surface area (TPSA) is 27.1 Å². The largest absolute Gasteiger partial charge is 0.378 e. The number of halogens is 1. The van der Waals surface area contributed by atoms with Crippen LogP contribution in [0.25, 0.3) is 10.9 Å². The van der Waals surface area contributed by atoms with Crippen LogP contribution in [0.2, 0.25) is 0 Å². The quantitative estimate of drug-likeness (QED) is 0.824. The van der Waals surface area contributed by atoms with Gasteiger partial charge in [0.2, 0.25) is 0 Å². The van der Waals surface area contributed by atoms with Crippen molar-refractivity contribution in [1.82, 2.24) is 9.78 Å². The Morgan fingerprint density at radius 1 is 1.50 bits per heavy atom. The van der Waals surface area contributed by atoms with Crippen LogP contribution in [0.3, 0.4) is 0 Å². The van der Waals surface area contributed by atoms with Crippen LogP contribution < -0.4 is 0 Å². The van der Waals surface area contributed by atoms with Crippen LogP contribution in [0.4, 0.5) is 0 Å². The molecule has 0 atom stereocenters. The highest BCUT2D eigenvalue weighted by molar-refractivity contribution is 9.10. The Kier molecular flexibility index (Phi) is 2.56. The fourth-order valence-corrected chi connectivity index (χ4v) is 1.99. The van der Waals surface area contributed by atoms with Crippen molar-refractivity contribution >= 4 is 26.8 Å². The number of aromatic nitrogens is 2. The third kappa shape index (κ3) is 1.44. The van der Waals surface area contributed by atoms with Gasteiger partial charge >= 0.3 is 0 Å². The molecule has 0 saturated carbocycles. The van der Waals surface area contributed by atoms with Crippen molar-refractivity contribution in [1.29, 1.82) is 0 Å². The van der Waals surface area contributed by atoms with Gasteiger partial charge in [0.25, 0.3) is 0 Å². The van der Waals surface area contributed by atoms with Crippen LogP contribution in [-0.4, -0.2) is 16.9 Å². The lowest BCUT2D eigenvalue weighted by molar-refractivity contribution is 0.179. The number of benzene rings is 1. The summed E-state index contributed by atoms with van der Waals surface area (Å²) >= 11 is 3.48. The SMILES string of the molecule is COCc1c2cccc(Br)c2nn1C. The number of fused-ring (bicyclic) bond motifs is 1. The van der Waals surface area contributed by atoms with Crippen LogP contribution in [-0.2, 0) is 18.4 Å². The third-order valence-corrected chi connectivity index (χ3v) is 2.86. The van der Waals surface area contributed by atoms with Crippen molar-refractivity contribution < 1.29 is 4.74 Å². The molecule has 74 valence electrons. The summed E-state index contributed by atoms with van der Waals surface area (Å²) < 4.78 is 8.02. The molecule has 0 fully saturated rings. The molecule has 0 amide bonds. The lowest BCUT2D eigenvalue weighted by Gasteiger charge is -1.99. The van der Waals surface area contributed by atoms with E-state index in [-0.39, 0.29) is 0 Å². The normalized spacial score (nSPS) is 11.1. The Morgan fingerprint density at radius 3 is 3.00 bits per heavy atom. The number of rotatable bonds is 2. The van der Waals surface area contributed by atoms with Crippen molar-refractivity contribution in [3.8, 4) is 0 Å². The second kappa shape index (κ2) is 3.71. The minimum Gasteiger partial charge on any atom is -0.378 e. The molecule has 2 aromatic rings. The van der Waals surface area contributed by atoms with Gasteiger partial charge in [0, 0.05) is 24.0 Å². The van der Waals surface area contributed by atoms with E-state index in [4.69, 9.17) is 4.74 Å². The predicted octanol–water partition coefficient (Wildman–Crippen LogP) is 2.48. The molecular formula is C10H11BrN2O. The third-order valence-electron chi connectivity index (χ3n) is 2.22. The summed E-state index contributed by atoms with van der Waals surface area (Å²) in [5.41, 5.74) is 2.09. The van der Waals surface area contributed by atoms with E-state index in [1.165, 1.54) is 0 Å². The number of methoxy groups -OCH3 is 1. The van der Waals surface area contributed by atoms with Crippen molar-refractivity contribution in [3.05, 3.63) is 28.4 Å². The van der Waals surface area contributed by atoms with Gasteiger partial charge in [0.15, 0.2) is 0 Å². The molecule has 1 heterocycles. The zero-order valence-electron chi connectivity index (χ0n) is 8.12. The maximum atomic E-state index is 5.14. The fourth-order valence-electron chi connectivity index (χ4n) is 1.54. The lowest BCUT2D eigenvalue weighted by atomic mass is 10.2. The molecule has 0 N–H and O–H groups in total. The smallest absolute Gasteiger partial charge is 0.107 e. The zero-order valence-corrected chi connectivity index (χ0v) is 9.71. The van der Waals surface area contributed by atoms with Crippen LogP contribution in [0.15, 0.2) is 22.7 Å². The van der Waals surface area contributed by atoms with E-state index < -0.39 is 0 Å². The number of aryl methyl sites for hydroxylation is 1. The summed E-state index contributed by atoms with van der Waals surface area (Å²) in [4.78, 5) is 0. The first-order valence-electron chi connectivity index (χ1n) is 4.33. The number of nitrogens with zero attached hydrogens (tertiary/aromatic N) is 2. The standard InChI is InChI=1S/C10H11BrN2O/c1-13-9(6-14-2)7-4-3-5-8(11)10(7)12-13/h3-5H,6H2,1-2H3. The second-order valence-electron chi connectivity index (χ2n) is 3.14. The van der Waals surface area contributed by atoms with Gasteiger partial charge < -0.3 is 4.74 Å². The van der Waals surface area contributed by atoms with E-state index >= 15 is 0 Å². The number of hydrogen-bond acceptors (Lipinski definition) is 2. The maximum Gasteiger partial charge on any atom is 0.107 e. The minimum absolute atomic E-state index is 0.587. The van der Waals surface area contributed by atoms with Gasteiger partial charge in [-0.05, 0) is 22.0 Å². The van der Waals surface area contributed by atoms with E-state index in [1.807, 2.05) is 23.9 Å². The van der Waals surface area contributed by atoms with Crippen molar-refractivity contribution in [2.24, 2.45) is 7.05 Å². The maximum absolute atomic E-state index is 5.14. The van der Waals surface area contributed by atoms with Gasteiger partial charge in [0.05, 0.1) is 12.3 Å². The van der Waals surface area contributed by atoms with Crippen molar-refractivity contribution in [3.63, 3.8) is 0 Å². The summed E-state index contributed by atoms with van der Waals surface area (Å²) in [5.74, 6) is 0. The molecule has 0 saturated heterocycles. The first kappa shape index (κ1) is 9.68. The molecular weight excluding hydrogens is 244 g/mol. The highest BCUT2D eigenvalue weighted by Crippen LogP contribution is 2.25. The fraction of sp³-hybridized carbons (Fsp3) is 0.300. The summed E-state index contributed by atoms with van der Waals surface area (Å²) in [7, 11) is 3.62. The van der Waals surface area contributed by atoms with Crippen molar-refractivity contribution in [2.75, 3.05) is 7.11 Å². The van der Waals surface area contributed by atoms with Gasteiger partial charge in [-0.2, -0.15) is 5.10 Å². The Morgan fingerprint density at radius 2 is 2.29 bits per heavy atom. The Balaban J connectivity index is 2.70. The molecule has 2 rings (SSSR count). The van der Waals surface area contributed by atoms with E-state index in [9.17, 15) is 0 Å². The molecule has 4 heteroatoms. The summed E-state index contributed by atoms with van der Waals surface area (Å²) in [6.45, 7) is 0.587. The Labute approximate surface area is 90.8 Å². The van der Waals surface area contributed by atoms with E-state index in [2.05, 4.69) is 27.1 Å². The van der Waals surface area contributed by atoms with E-state index in [1.54, 1.807) is 7.11 Å². The van der Waals surface area contributed by atoms with Crippen molar-refractivity contribution in [2.45, 2.75) is 6.61 Å². The average molecular weight is 255 g/mol. The van der Waals surface area contributed by atoms with Gasteiger partial charge in [-0.3, -0.25) is 4.68 Å². The molecule has 3 nitrogen and oxygen atoms in total. The molecule has 0 unspecified atom stereocenters. The molecule has 0 aliphatic carbocycles. The molecule has 0 bridgehead atoms. The van der Waals surface area contributed by atoms with Gasteiger partial charge in [-0.25, -0.2) is 0 Å². The van der Waals surface area contributed by atoms with Crippen LogP contribution in [0.1, 0.15) is 5.69 Å². The molecule has 0 radical (unpaired) electrons. The predicted molar refractivity (Wildman–Crippen MR) is 59.1 cm³/mol. The van der Waals surface area contributed by atoms with Gasteiger partial charge in [0.1, 0.15) is 5.52 Å². The lowest BCUT2D eigenvalue weighted by Crippen LogP contribution is -1.99. The van der Waals surface area contributed by atoms with Gasteiger partial charge in [-0.1, -0.05) is 12.1 Å². The molecule has 1 aromatic carbocycles. The van der Waals surface area contributed by atoms with Crippen LogP contribution >= 0.6 is 15.9 Å². The van der Waals surface area contributed by atoms with E-state index in [0.29, 0.717) is 6.61 Å². The second-order valence-corrected chi connectivity index (χ2v) is 3.99. The summed E-state index contributed by atoms with van der Waals surface area (Å²) in [6, 6.07) is 6.06. The monoisotopic (exact) mass is 254 g/mol. The first-order valence-corrected chi connectivity index (χ1v) is 5.12. The molecule has 0 aliphatic heterocycles. The minimum atomic E-state index is 0.587. The molecule has 14 heavy (non-hydrogen) atoms. The van der Waals surface area contributed by atoms with E-state index in [0.717, 1.165) is 21.1 Å². The van der Waals surface area contributed by atoms with Crippen LogP contribution in [0, 0.1) is 0 Å². The summed E-state index contributed by atoms with van der Waals surface area (Å²) in [6.07, 6.45) is 0. The average Bonchev–Trinajstić information content (AvgIpc) is 2.47. The number of ether oxygens (including phenoxy) is 1. The highest BCUT2D eigenvalue weighted by atomic mass is 79.9. The highest BCUT2D eigenvalue weighted by Gasteiger charge is 2.09. The summed E-state index contributed by atoms with van der Waals surface area (Å²) in [5, 5.41) is 5.56. The molecule has 0 aliphatic rings. The van der Waals surface area contributed by atoms with Crippen LogP contribution in [0.5, 0.6) is 0 Å². The number of hydrogen-bond donors (Lipinski definition) is 0. The Bertz CT molecular complexity index is 464. The van der Waals surface area contributed by atoms with Gasteiger partial charge in [-0.15, -0.1) is 0 Å².